The first-order chi connectivity index (χ1) is 13.9. The molecule has 29 heavy (non-hydrogen) atoms. The van der Waals surface area contributed by atoms with Gasteiger partial charge in [0.25, 0.3) is 0 Å². The van der Waals surface area contributed by atoms with E-state index in [-0.39, 0.29) is 11.4 Å². The van der Waals surface area contributed by atoms with Gasteiger partial charge < -0.3 is 14.4 Å². The van der Waals surface area contributed by atoms with Crippen molar-refractivity contribution < 1.29 is 14.3 Å². The number of nitrogens with zero attached hydrogens (tertiary/aromatic N) is 1. The van der Waals surface area contributed by atoms with Gasteiger partial charge in [-0.2, -0.15) is 0 Å². The molecule has 0 spiro atoms. The maximum Gasteiger partial charge on any atom is 0.343 e. The molecular weight excluding hydrogens is 362 g/mol. The lowest BCUT2D eigenvalue weighted by molar-refractivity contribution is 0.0579. The van der Waals surface area contributed by atoms with Crippen LogP contribution in [-0.4, -0.2) is 37.6 Å². The summed E-state index contributed by atoms with van der Waals surface area (Å²) in [7, 11) is 3.89. The van der Waals surface area contributed by atoms with E-state index in [2.05, 4.69) is 43.1 Å². The third-order valence-electron chi connectivity index (χ3n) is 6.62. The standard InChI is InChI=1S/C25H29NO3/c1-17-6-5-7-19(14-17)24(27)29-21-10-11-25(12-13-26(3)23(25)16-21)20-8-9-22(28-4)18(2)15-20/h5-10,14-15,23H,11-13,16H2,1-4H3/t23-,25-/m0/s1. The second-order valence-electron chi connectivity index (χ2n) is 8.42. The van der Waals surface area contributed by atoms with Crippen LogP contribution in [0.15, 0.2) is 54.3 Å². The fourth-order valence-corrected chi connectivity index (χ4v) is 4.96. The van der Waals surface area contributed by atoms with Gasteiger partial charge in [-0.1, -0.05) is 29.8 Å². The summed E-state index contributed by atoms with van der Waals surface area (Å²) in [6.07, 6.45) is 4.86. The summed E-state index contributed by atoms with van der Waals surface area (Å²) in [4.78, 5) is 15.0. The maximum absolute atomic E-state index is 12.6. The van der Waals surface area contributed by atoms with Gasteiger partial charge in [0, 0.05) is 17.9 Å². The minimum absolute atomic E-state index is 0.0605. The topological polar surface area (TPSA) is 38.8 Å². The Morgan fingerprint density at radius 2 is 2.00 bits per heavy atom. The third-order valence-corrected chi connectivity index (χ3v) is 6.62. The fraction of sp³-hybridized carbons (Fsp3) is 0.400. The highest BCUT2D eigenvalue weighted by Crippen LogP contribution is 2.48. The molecule has 4 nitrogen and oxygen atoms in total. The lowest BCUT2D eigenvalue weighted by Crippen LogP contribution is -2.43. The minimum atomic E-state index is -0.270. The van der Waals surface area contributed by atoms with Crippen LogP contribution in [0.3, 0.4) is 0 Å². The number of aryl methyl sites for hydroxylation is 2. The molecule has 0 radical (unpaired) electrons. The van der Waals surface area contributed by atoms with Gasteiger partial charge in [0.15, 0.2) is 0 Å². The van der Waals surface area contributed by atoms with Gasteiger partial charge in [0.05, 0.1) is 12.7 Å². The number of benzene rings is 2. The Bertz CT molecular complexity index is 964. The highest BCUT2D eigenvalue weighted by molar-refractivity contribution is 5.90. The summed E-state index contributed by atoms with van der Waals surface area (Å²) in [5.41, 5.74) is 4.24. The number of fused-ring (bicyclic) bond motifs is 1. The first kappa shape index (κ1) is 19.7. The molecule has 4 heteroatoms. The van der Waals surface area contributed by atoms with Crippen molar-refractivity contribution in [1.29, 1.82) is 0 Å². The summed E-state index contributed by atoms with van der Waals surface area (Å²) < 4.78 is 11.3. The Morgan fingerprint density at radius 3 is 2.72 bits per heavy atom. The quantitative estimate of drug-likeness (QED) is 0.703. The molecule has 0 unspecified atom stereocenters. The van der Waals surface area contributed by atoms with E-state index in [0.717, 1.165) is 48.4 Å². The van der Waals surface area contributed by atoms with Crippen molar-refractivity contribution in [1.82, 2.24) is 4.90 Å². The molecule has 1 aliphatic heterocycles. The Labute approximate surface area is 173 Å². The molecule has 1 fully saturated rings. The average molecular weight is 392 g/mol. The molecule has 2 atom stereocenters. The van der Waals surface area contributed by atoms with Crippen LogP contribution >= 0.6 is 0 Å². The first-order valence-electron chi connectivity index (χ1n) is 10.3. The lowest BCUT2D eigenvalue weighted by atomic mass is 9.68. The molecule has 1 saturated heterocycles. The molecule has 2 aromatic rings. The Morgan fingerprint density at radius 1 is 1.17 bits per heavy atom. The van der Waals surface area contributed by atoms with E-state index in [1.54, 1.807) is 7.11 Å². The van der Waals surface area contributed by atoms with Gasteiger partial charge in [-0.15, -0.1) is 0 Å². The molecule has 0 amide bonds. The van der Waals surface area contributed by atoms with E-state index in [9.17, 15) is 4.79 Å². The van der Waals surface area contributed by atoms with Crippen LogP contribution in [0.5, 0.6) is 5.75 Å². The van der Waals surface area contributed by atoms with Crippen molar-refractivity contribution in [3.8, 4) is 5.75 Å². The number of carbonyl (C=O) groups excluding carboxylic acids is 1. The number of hydrogen-bond acceptors (Lipinski definition) is 4. The number of ether oxygens (including phenoxy) is 2. The van der Waals surface area contributed by atoms with Crippen LogP contribution in [0, 0.1) is 13.8 Å². The van der Waals surface area contributed by atoms with Gasteiger partial charge in [0.2, 0.25) is 0 Å². The molecule has 2 aromatic carbocycles. The van der Waals surface area contributed by atoms with Gasteiger partial charge in [-0.05, 0) is 75.7 Å². The van der Waals surface area contributed by atoms with Crippen molar-refractivity contribution in [2.45, 2.75) is 44.6 Å². The molecule has 1 heterocycles. The zero-order valence-corrected chi connectivity index (χ0v) is 17.7. The highest BCUT2D eigenvalue weighted by atomic mass is 16.5. The molecule has 152 valence electrons. The number of likely N-dealkylation sites (N-methyl/N-ethyl adjacent to an activating group) is 1. The maximum atomic E-state index is 12.6. The number of esters is 1. The largest absolute Gasteiger partial charge is 0.496 e. The highest BCUT2D eigenvalue weighted by Gasteiger charge is 2.49. The fourth-order valence-electron chi connectivity index (χ4n) is 4.96. The van der Waals surface area contributed by atoms with Crippen LogP contribution in [0.25, 0.3) is 0 Å². The van der Waals surface area contributed by atoms with Gasteiger partial charge in [-0.3, -0.25) is 0 Å². The average Bonchev–Trinajstić information content (AvgIpc) is 3.05. The Hall–Kier alpha value is -2.59. The van der Waals surface area contributed by atoms with Gasteiger partial charge >= 0.3 is 5.97 Å². The van der Waals surface area contributed by atoms with E-state index in [1.165, 1.54) is 5.56 Å². The lowest BCUT2D eigenvalue weighted by Gasteiger charge is -2.40. The van der Waals surface area contributed by atoms with Crippen LogP contribution in [0.1, 0.15) is 46.3 Å². The molecular formula is C25H29NO3. The summed E-state index contributed by atoms with van der Waals surface area (Å²) in [5.74, 6) is 1.44. The third kappa shape index (κ3) is 3.58. The smallest absolute Gasteiger partial charge is 0.343 e. The predicted octanol–water partition coefficient (Wildman–Crippen LogP) is 4.79. The van der Waals surface area contributed by atoms with E-state index < -0.39 is 0 Å². The van der Waals surface area contributed by atoms with Crippen LogP contribution in [0.4, 0.5) is 0 Å². The molecule has 0 N–H and O–H groups in total. The normalized spacial score (nSPS) is 24.0. The number of allylic oxidation sites excluding steroid dienone is 1. The van der Waals surface area contributed by atoms with Crippen molar-refractivity contribution in [2.24, 2.45) is 0 Å². The summed E-state index contributed by atoms with van der Waals surface area (Å²) in [6, 6.07) is 14.4. The molecule has 0 saturated carbocycles. The monoisotopic (exact) mass is 391 g/mol. The Kier molecular flexibility index (Phi) is 5.22. The van der Waals surface area contributed by atoms with E-state index >= 15 is 0 Å². The SMILES string of the molecule is COc1ccc([C@@]23CC=C(OC(=O)c4cccc(C)c4)C[C@@H]2N(C)CC3)cc1C. The summed E-state index contributed by atoms with van der Waals surface area (Å²) in [6.45, 7) is 5.12. The molecule has 0 aromatic heterocycles. The van der Waals surface area contributed by atoms with Crippen LogP contribution in [-0.2, 0) is 10.2 Å². The van der Waals surface area contributed by atoms with Crippen molar-refractivity contribution >= 4 is 5.97 Å². The zero-order chi connectivity index (χ0) is 20.6. The Balaban J connectivity index is 1.59. The van der Waals surface area contributed by atoms with Crippen molar-refractivity contribution in [3.63, 3.8) is 0 Å². The number of hydrogen-bond donors (Lipinski definition) is 0. The second-order valence-corrected chi connectivity index (χ2v) is 8.42. The number of rotatable bonds is 4. The van der Waals surface area contributed by atoms with E-state index in [1.807, 2.05) is 31.2 Å². The van der Waals surface area contributed by atoms with E-state index in [4.69, 9.17) is 9.47 Å². The molecule has 4 rings (SSSR count). The number of likely N-dealkylation sites (tertiary alicyclic amines) is 1. The van der Waals surface area contributed by atoms with Gasteiger partial charge in [-0.25, -0.2) is 4.79 Å². The minimum Gasteiger partial charge on any atom is -0.496 e. The molecule has 2 aliphatic rings. The molecule has 0 bridgehead atoms. The summed E-state index contributed by atoms with van der Waals surface area (Å²) >= 11 is 0. The molecule has 1 aliphatic carbocycles. The zero-order valence-electron chi connectivity index (χ0n) is 17.7. The summed E-state index contributed by atoms with van der Waals surface area (Å²) in [5, 5.41) is 0. The van der Waals surface area contributed by atoms with Gasteiger partial charge in [0.1, 0.15) is 11.5 Å². The van der Waals surface area contributed by atoms with Crippen molar-refractivity contribution in [3.05, 3.63) is 76.6 Å². The van der Waals surface area contributed by atoms with Crippen LogP contribution < -0.4 is 4.74 Å². The number of carbonyl (C=O) groups is 1. The van der Waals surface area contributed by atoms with Crippen LogP contribution in [0.2, 0.25) is 0 Å². The van der Waals surface area contributed by atoms with Crippen molar-refractivity contribution in [2.75, 3.05) is 20.7 Å². The number of methoxy groups -OCH3 is 1. The second kappa shape index (κ2) is 7.68. The van der Waals surface area contributed by atoms with E-state index in [0.29, 0.717) is 11.6 Å². The first-order valence-corrected chi connectivity index (χ1v) is 10.3. The predicted molar refractivity (Wildman–Crippen MR) is 114 cm³/mol.